The van der Waals surface area contributed by atoms with Gasteiger partial charge in [0, 0.05) is 0 Å². The molecule has 1 nitrogen and oxygen atoms in total. The Bertz CT molecular complexity index is 333. The van der Waals surface area contributed by atoms with Crippen molar-refractivity contribution in [1.29, 1.82) is 0 Å². The van der Waals surface area contributed by atoms with Crippen molar-refractivity contribution in [2.75, 3.05) is 0 Å². The van der Waals surface area contributed by atoms with Gasteiger partial charge < -0.3 is 5.11 Å². The molecule has 1 atom stereocenters. The van der Waals surface area contributed by atoms with E-state index in [2.05, 4.69) is 31.2 Å². The second-order valence-electron chi connectivity index (χ2n) is 5.55. The van der Waals surface area contributed by atoms with Crippen LogP contribution in [0.3, 0.4) is 0 Å². The van der Waals surface area contributed by atoms with Crippen LogP contribution in [-0.4, -0.2) is 5.11 Å². The number of benzene rings is 1. The third-order valence-electron chi connectivity index (χ3n) is 4.20. The van der Waals surface area contributed by atoms with Crippen molar-refractivity contribution in [3.05, 3.63) is 35.4 Å². The van der Waals surface area contributed by atoms with Crippen molar-refractivity contribution in [2.24, 2.45) is 5.92 Å². The number of rotatable bonds is 3. The van der Waals surface area contributed by atoms with Gasteiger partial charge in [0.2, 0.25) is 0 Å². The minimum absolute atomic E-state index is 0.296. The van der Waals surface area contributed by atoms with E-state index in [0.717, 1.165) is 23.8 Å². The van der Waals surface area contributed by atoms with Gasteiger partial charge in [0.1, 0.15) is 0 Å². The lowest BCUT2D eigenvalue weighted by Crippen LogP contribution is -2.10. The number of hydrogen-bond acceptors (Lipinski definition) is 1. The third kappa shape index (κ3) is 3.10. The molecule has 0 saturated heterocycles. The van der Waals surface area contributed by atoms with Crippen LogP contribution in [0.5, 0.6) is 0 Å². The first kappa shape index (κ1) is 12.6. The fraction of sp³-hybridized carbons (Fsp3) is 0.625. The molecule has 0 radical (unpaired) electrons. The summed E-state index contributed by atoms with van der Waals surface area (Å²) in [6.07, 6.45) is 5.89. The molecular formula is C16H24O. The lowest BCUT2D eigenvalue weighted by molar-refractivity contribution is 0.173. The Morgan fingerprint density at radius 2 is 1.71 bits per heavy atom. The largest absolute Gasteiger partial charge is 0.388 e. The van der Waals surface area contributed by atoms with E-state index in [4.69, 9.17) is 0 Å². The van der Waals surface area contributed by atoms with Gasteiger partial charge in [-0.3, -0.25) is 0 Å². The maximum atomic E-state index is 9.77. The van der Waals surface area contributed by atoms with E-state index in [0.29, 0.717) is 0 Å². The Balaban J connectivity index is 2.02. The van der Waals surface area contributed by atoms with Gasteiger partial charge in [0.25, 0.3) is 0 Å². The molecule has 17 heavy (non-hydrogen) atoms. The van der Waals surface area contributed by atoms with Crippen LogP contribution in [0.1, 0.15) is 69.1 Å². The highest BCUT2D eigenvalue weighted by Crippen LogP contribution is 2.35. The minimum atomic E-state index is -0.296. The Kier molecular flexibility index (Phi) is 4.22. The van der Waals surface area contributed by atoms with Crippen molar-refractivity contribution < 1.29 is 5.11 Å². The highest BCUT2D eigenvalue weighted by Gasteiger charge is 2.19. The predicted octanol–water partition coefficient (Wildman–Crippen LogP) is 4.42. The molecule has 0 aromatic heterocycles. The van der Waals surface area contributed by atoms with Crippen molar-refractivity contribution >= 4 is 0 Å². The van der Waals surface area contributed by atoms with Crippen molar-refractivity contribution in [3.8, 4) is 0 Å². The molecule has 1 unspecified atom stereocenters. The van der Waals surface area contributed by atoms with E-state index in [1.165, 1.54) is 31.2 Å². The Morgan fingerprint density at radius 1 is 1.12 bits per heavy atom. The van der Waals surface area contributed by atoms with E-state index < -0.39 is 0 Å². The number of hydrogen-bond donors (Lipinski definition) is 1. The van der Waals surface area contributed by atoms with Crippen LogP contribution in [-0.2, 0) is 0 Å². The molecule has 1 aliphatic carbocycles. The van der Waals surface area contributed by atoms with Gasteiger partial charge in [-0.05, 0) is 42.2 Å². The number of aliphatic hydroxyl groups is 1. The lowest BCUT2D eigenvalue weighted by atomic mass is 9.79. The standard InChI is InChI=1S/C16H24O/c1-3-16(17)15-10-8-14(9-11-15)13-6-4-12(2)5-7-13/h8-13,16-17H,3-7H2,1-2H3. The molecule has 1 saturated carbocycles. The maximum absolute atomic E-state index is 9.77. The lowest BCUT2D eigenvalue weighted by Gasteiger charge is -2.26. The zero-order chi connectivity index (χ0) is 12.3. The molecule has 1 fully saturated rings. The molecule has 1 N–H and O–H groups in total. The summed E-state index contributed by atoms with van der Waals surface area (Å²) < 4.78 is 0. The highest BCUT2D eigenvalue weighted by atomic mass is 16.3. The average molecular weight is 232 g/mol. The molecule has 1 heteroatoms. The van der Waals surface area contributed by atoms with Gasteiger partial charge in [-0.1, -0.05) is 51.0 Å². The smallest absolute Gasteiger partial charge is 0.0787 e. The third-order valence-corrected chi connectivity index (χ3v) is 4.20. The SMILES string of the molecule is CCC(O)c1ccc(C2CCC(C)CC2)cc1. The first-order valence-electron chi connectivity index (χ1n) is 6.98. The van der Waals surface area contributed by atoms with Gasteiger partial charge in [0.15, 0.2) is 0 Å². The maximum Gasteiger partial charge on any atom is 0.0787 e. The normalized spacial score (nSPS) is 26.8. The molecule has 94 valence electrons. The molecule has 1 aromatic rings. The summed E-state index contributed by atoms with van der Waals surface area (Å²) in [6, 6.07) is 8.63. The topological polar surface area (TPSA) is 20.2 Å². The van der Waals surface area contributed by atoms with Crippen LogP contribution in [0, 0.1) is 5.92 Å². The molecule has 1 aliphatic rings. The van der Waals surface area contributed by atoms with E-state index in [1.807, 2.05) is 6.92 Å². The Morgan fingerprint density at radius 3 is 2.24 bits per heavy atom. The molecule has 0 heterocycles. The second-order valence-corrected chi connectivity index (χ2v) is 5.55. The minimum Gasteiger partial charge on any atom is -0.388 e. The van der Waals surface area contributed by atoms with E-state index >= 15 is 0 Å². The molecule has 0 amide bonds. The molecule has 1 aromatic carbocycles. The van der Waals surface area contributed by atoms with Gasteiger partial charge in [-0.2, -0.15) is 0 Å². The van der Waals surface area contributed by atoms with Gasteiger partial charge >= 0.3 is 0 Å². The summed E-state index contributed by atoms with van der Waals surface area (Å²) >= 11 is 0. The van der Waals surface area contributed by atoms with E-state index in [9.17, 15) is 5.11 Å². The second kappa shape index (κ2) is 5.68. The summed E-state index contributed by atoms with van der Waals surface area (Å²) in [6.45, 7) is 4.37. The quantitative estimate of drug-likeness (QED) is 0.817. The zero-order valence-corrected chi connectivity index (χ0v) is 11.0. The Hall–Kier alpha value is -0.820. The van der Waals surface area contributed by atoms with Crippen LogP contribution >= 0.6 is 0 Å². The summed E-state index contributed by atoms with van der Waals surface area (Å²) in [5.41, 5.74) is 2.52. The molecule has 0 aliphatic heterocycles. The molecular weight excluding hydrogens is 208 g/mol. The summed E-state index contributed by atoms with van der Waals surface area (Å²) in [5.74, 6) is 1.66. The van der Waals surface area contributed by atoms with Gasteiger partial charge in [-0.25, -0.2) is 0 Å². The average Bonchev–Trinajstić information content (AvgIpc) is 2.39. The molecule has 2 rings (SSSR count). The first-order valence-corrected chi connectivity index (χ1v) is 6.98. The van der Waals surface area contributed by atoms with E-state index in [-0.39, 0.29) is 6.10 Å². The molecule has 0 spiro atoms. The van der Waals surface area contributed by atoms with Crippen LogP contribution in [0.15, 0.2) is 24.3 Å². The summed E-state index contributed by atoms with van der Waals surface area (Å²) in [7, 11) is 0. The first-order chi connectivity index (χ1) is 8.20. The van der Waals surface area contributed by atoms with Crippen LogP contribution in [0.2, 0.25) is 0 Å². The van der Waals surface area contributed by atoms with Crippen molar-refractivity contribution in [2.45, 2.75) is 58.0 Å². The van der Waals surface area contributed by atoms with E-state index in [1.54, 1.807) is 0 Å². The molecule has 0 bridgehead atoms. The van der Waals surface area contributed by atoms with Crippen molar-refractivity contribution in [3.63, 3.8) is 0 Å². The predicted molar refractivity (Wildman–Crippen MR) is 72.1 cm³/mol. The van der Waals surface area contributed by atoms with Gasteiger partial charge in [0.05, 0.1) is 6.10 Å². The monoisotopic (exact) mass is 232 g/mol. The number of aliphatic hydroxyl groups excluding tert-OH is 1. The highest BCUT2D eigenvalue weighted by molar-refractivity contribution is 5.27. The fourth-order valence-electron chi connectivity index (χ4n) is 2.82. The van der Waals surface area contributed by atoms with Gasteiger partial charge in [-0.15, -0.1) is 0 Å². The summed E-state index contributed by atoms with van der Waals surface area (Å²) in [5, 5.41) is 9.77. The summed E-state index contributed by atoms with van der Waals surface area (Å²) in [4.78, 5) is 0. The van der Waals surface area contributed by atoms with Crippen LogP contribution < -0.4 is 0 Å². The van der Waals surface area contributed by atoms with Crippen molar-refractivity contribution in [1.82, 2.24) is 0 Å². The fourth-order valence-corrected chi connectivity index (χ4v) is 2.82. The zero-order valence-electron chi connectivity index (χ0n) is 11.0. The van der Waals surface area contributed by atoms with Crippen LogP contribution in [0.25, 0.3) is 0 Å². The van der Waals surface area contributed by atoms with Crippen LogP contribution in [0.4, 0.5) is 0 Å². The Labute approximate surface area is 105 Å².